The molecule has 0 unspecified atom stereocenters. The molecule has 0 aromatic rings. The van der Waals surface area contributed by atoms with Crippen LogP contribution in [0.1, 0.15) is 32.1 Å². The maximum atomic E-state index is 12.0. The largest absolute Gasteiger partial charge is 0.390 e. The highest BCUT2D eigenvalue weighted by atomic mass is 19.4. The van der Waals surface area contributed by atoms with Crippen LogP contribution < -0.4 is 5.73 Å². The third-order valence-corrected chi connectivity index (χ3v) is 3.24. The third kappa shape index (κ3) is 5.70. The molecule has 1 fully saturated rings. The van der Waals surface area contributed by atoms with Crippen LogP contribution >= 0.6 is 0 Å². The summed E-state index contributed by atoms with van der Waals surface area (Å²) in [6.07, 6.45) is -0.622. The monoisotopic (exact) mass is 238 g/mol. The Morgan fingerprint density at radius 2 is 1.75 bits per heavy atom. The van der Waals surface area contributed by atoms with Crippen LogP contribution in [0.15, 0.2) is 0 Å². The van der Waals surface area contributed by atoms with Gasteiger partial charge in [-0.3, -0.25) is 0 Å². The number of halogens is 3. The molecular weight excluding hydrogens is 217 g/mol. The Labute approximate surface area is 95.0 Å². The van der Waals surface area contributed by atoms with Crippen molar-refractivity contribution in [2.45, 2.75) is 44.3 Å². The summed E-state index contributed by atoms with van der Waals surface area (Å²) in [7, 11) is 1.76. The first-order valence-corrected chi connectivity index (χ1v) is 5.87. The molecule has 0 radical (unpaired) electrons. The number of nitrogens with zero attached hydrogens (tertiary/aromatic N) is 1. The third-order valence-electron chi connectivity index (χ3n) is 3.24. The van der Waals surface area contributed by atoms with E-state index < -0.39 is 12.6 Å². The molecule has 16 heavy (non-hydrogen) atoms. The molecule has 2 nitrogen and oxygen atoms in total. The van der Waals surface area contributed by atoms with Gasteiger partial charge in [0.25, 0.3) is 0 Å². The molecule has 0 spiro atoms. The van der Waals surface area contributed by atoms with E-state index in [9.17, 15) is 13.2 Å². The summed E-state index contributed by atoms with van der Waals surface area (Å²) >= 11 is 0. The molecule has 1 saturated carbocycles. The lowest BCUT2D eigenvalue weighted by atomic mass is 9.86. The average molecular weight is 238 g/mol. The van der Waals surface area contributed by atoms with E-state index in [1.807, 2.05) is 0 Å². The van der Waals surface area contributed by atoms with Crippen LogP contribution in [0, 0.1) is 5.92 Å². The van der Waals surface area contributed by atoms with Crippen LogP contribution in [0.3, 0.4) is 0 Å². The highest BCUT2D eigenvalue weighted by Gasteiger charge is 2.27. The second-order valence-electron chi connectivity index (χ2n) is 4.91. The first-order chi connectivity index (χ1) is 7.37. The zero-order valence-corrected chi connectivity index (χ0v) is 9.76. The maximum absolute atomic E-state index is 12.0. The zero-order valence-electron chi connectivity index (χ0n) is 9.76. The summed E-state index contributed by atoms with van der Waals surface area (Å²) < 4.78 is 36.0. The van der Waals surface area contributed by atoms with E-state index in [1.54, 1.807) is 11.9 Å². The molecule has 0 aliphatic heterocycles. The lowest BCUT2D eigenvalue weighted by Crippen LogP contribution is -2.34. The van der Waals surface area contributed by atoms with Crippen molar-refractivity contribution in [1.29, 1.82) is 0 Å². The van der Waals surface area contributed by atoms with Crippen LogP contribution in [0.25, 0.3) is 0 Å². The van der Waals surface area contributed by atoms with Gasteiger partial charge in [0.2, 0.25) is 0 Å². The molecule has 1 aliphatic rings. The molecule has 0 aromatic carbocycles. The Balaban J connectivity index is 2.16. The van der Waals surface area contributed by atoms with Gasteiger partial charge in [-0.1, -0.05) is 0 Å². The average Bonchev–Trinajstić information content (AvgIpc) is 2.18. The van der Waals surface area contributed by atoms with E-state index in [2.05, 4.69) is 0 Å². The Morgan fingerprint density at radius 3 is 2.25 bits per heavy atom. The SMILES string of the molecule is CN(CCC(F)(F)F)CC1CCC(N)CC1. The molecule has 2 N–H and O–H groups in total. The van der Waals surface area contributed by atoms with Gasteiger partial charge in [0.1, 0.15) is 0 Å². The molecule has 1 rings (SSSR count). The fourth-order valence-electron chi connectivity index (χ4n) is 2.22. The van der Waals surface area contributed by atoms with Crippen molar-refractivity contribution in [3.63, 3.8) is 0 Å². The molecule has 0 amide bonds. The minimum Gasteiger partial charge on any atom is -0.328 e. The fourth-order valence-corrected chi connectivity index (χ4v) is 2.22. The summed E-state index contributed by atoms with van der Waals surface area (Å²) in [6, 6.07) is 0.303. The topological polar surface area (TPSA) is 29.3 Å². The van der Waals surface area contributed by atoms with Gasteiger partial charge in [-0.05, 0) is 38.6 Å². The molecule has 5 heteroatoms. The number of nitrogens with two attached hydrogens (primary N) is 1. The number of rotatable bonds is 4. The second kappa shape index (κ2) is 5.87. The molecule has 0 bridgehead atoms. The van der Waals surface area contributed by atoms with Crippen LogP contribution in [-0.4, -0.2) is 37.3 Å². The van der Waals surface area contributed by atoms with Crippen molar-refractivity contribution in [2.24, 2.45) is 11.7 Å². The van der Waals surface area contributed by atoms with E-state index in [1.165, 1.54) is 0 Å². The van der Waals surface area contributed by atoms with Crippen molar-refractivity contribution in [2.75, 3.05) is 20.1 Å². The highest BCUT2D eigenvalue weighted by Crippen LogP contribution is 2.24. The van der Waals surface area contributed by atoms with Crippen molar-refractivity contribution in [3.8, 4) is 0 Å². The quantitative estimate of drug-likeness (QED) is 0.814. The van der Waals surface area contributed by atoms with E-state index in [-0.39, 0.29) is 6.54 Å². The molecule has 96 valence electrons. The van der Waals surface area contributed by atoms with E-state index in [0.717, 1.165) is 32.2 Å². The summed E-state index contributed by atoms with van der Waals surface area (Å²) in [5.41, 5.74) is 5.78. The number of hydrogen-bond donors (Lipinski definition) is 1. The van der Waals surface area contributed by atoms with Crippen LogP contribution in [-0.2, 0) is 0 Å². The highest BCUT2D eigenvalue weighted by molar-refractivity contribution is 4.76. The molecule has 0 aromatic heterocycles. The minimum absolute atomic E-state index is 0.103. The van der Waals surface area contributed by atoms with Crippen LogP contribution in [0.2, 0.25) is 0 Å². The first kappa shape index (κ1) is 13.8. The Morgan fingerprint density at radius 1 is 1.19 bits per heavy atom. The van der Waals surface area contributed by atoms with Gasteiger partial charge in [-0.15, -0.1) is 0 Å². The van der Waals surface area contributed by atoms with Crippen LogP contribution in [0.5, 0.6) is 0 Å². The Kier molecular flexibility index (Phi) is 5.05. The molecule has 0 atom stereocenters. The number of alkyl halides is 3. The van der Waals surface area contributed by atoms with Gasteiger partial charge in [-0.2, -0.15) is 13.2 Å². The van der Waals surface area contributed by atoms with Crippen LogP contribution in [0.4, 0.5) is 13.2 Å². The van der Waals surface area contributed by atoms with Crippen molar-refractivity contribution >= 4 is 0 Å². The number of hydrogen-bond acceptors (Lipinski definition) is 2. The lowest BCUT2D eigenvalue weighted by Gasteiger charge is -2.29. The van der Waals surface area contributed by atoms with Gasteiger partial charge in [-0.25, -0.2) is 0 Å². The fraction of sp³-hybridized carbons (Fsp3) is 1.00. The normalized spacial score (nSPS) is 27.4. The van der Waals surface area contributed by atoms with Crippen molar-refractivity contribution < 1.29 is 13.2 Å². The van der Waals surface area contributed by atoms with Gasteiger partial charge in [0.05, 0.1) is 6.42 Å². The van der Waals surface area contributed by atoms with Gasteiger partial charge in [0.15, 0.2) is 0 Å². The second-order valence-corrected chi connectivity index (χ2v) is 4.91. The predicted molar refractivity (Wildman–Crippen MR) is 58.1 cm³/mol. The first-order valence-electron chi connectivity index (χ1n) is 5.87. The van der Waals surface area contributed by atoms with E-state index >= 15 is 0 Å². The summed E-state index contributed by atoms with van der Waals surface area (Å²) in [4.78, 5) is 1.79. The predicted octanol–water partition coefficient (Wildman–Crippen LogP) is 2.39. The molecule has 1 aliphatic carbocycles. The van der Waals surface area contributed by atoms with Crippen molar-refractivity contribution in [3.05, 3.63) is 0 Å². The molecular formula is C11H21F3N2. The molecule has 0 saturated heterocycles. The summed E-state index contributed by atoms with van der Waals surface area (Å²) in [5.74, 6) is 0.526. The standard InChI is InChI=1S/C11H21F3N2/c1-16(7-6-11(12,13)14)8-9-2-4-10(15)5-3-9/h9-10H,2-8,15H2,1H3. The van der Waals surface area contributed by atoms with Gasteiger partial charge in [0, 0.05) is 19.1 Å². The van der Waals surface area contributed by atoms with E-state index in [4.69, 9.17) is 5.73 Å². The molecule has 0 heterocycles. The lowest BCUT2D eigenvalue weighted by molar-refractivity contribution is -0.137. The summed E-state index contributed by atoms with van der Waals surface area (Å²) in [6.45, 7) is 0.870. The maximum Gasteiger partial charge on any atom is 0.390 e. The van der Waals surface area contributed by atoms with Crippen molar-refractivity contribution in [1.82, 2.24) is 4.90 Å². The van der Waals surface area contributed by atoms with Gasteiger partial charge < -0.3 is 10.6 Å². The minimum atomic E-state index is -4.04. The smallest absolute Gasteiger partial charge is 0.328 e. The zero-order chi connectivity index (χ0) is 12.2. The van der Waals surface area contributed by atoms with E-state index in [0.29, 0.717) is 12.0 Å². The Bertz CT molecular complexity index is 198. The Hall–Kier alpha value is -0.290. The summed E-state index contributed by atoms with van der Waals surface area (Å²) in [5, 5.41) is 0. The van der Waals surface area contributed by atoms with Gasteiger partial charge >= 0.3 is 6.18 Å².